The number of carbonyl (C=O) groups excluding carboxylic acids is 2. The fraction of sp³-hybridized carbons (Fsp3) is 0. The second-order valence-corrected chi connectivity index (χ2v) is 8.13. The van der Waals surface area contributed by atoms with Gasteiger partial charge in [0.25, 0.3) is 5.91 Å². The van der Waals surface area contributed by atoms with E-state index in [1.54, 1.807) is 23.9 Å². The predicted molar refractivity (Wildman–Crippen MR) is 122 cm³/mol. The molecule has 0 aliphatic carbocycles. The Balaban J connectivity index is 1.41. The van der Waals surface area contributed by atoms with Crippen LogP contribution < -0.4 is 10.6 Å². The van der Waals surface area contributed by atoms with Crippen LogP contribution in [0.25, 0.3) is 10.8 Å². The van der Waals surface area contributed by atoms with E-state index in [0.29, 0.717) is 5.69 Å². The molecular weight excluding hydrogens is 435 g/mol. The number of nitrogens with one attached hydrogen (secondary N) is 2. The van der Waals surface area contributed by atoms with Gasteiger partial charge in [-0.25, -0.2) is 9.18 Å². The van der Waals surface area contributed by atoms with E-state index in [1.165, 1.54) is 22.9 Å². The van der Waals surface area contributed by atoms with Crippen LogP contribution in [0.15, 0.2) is 94.7 Å². The summed E-state index contributed by atoms with van der Waals surface area (Å²) < 4.78 is 13.8. The van der Waals surface area contributed by atoms with E-state index in [-0.39, 0.29) is 10.6 Å². The Labute approximate surface area is 187 Å². The first-order chi connectivity index (χ1) is 15.0. The molecule has 154 valence electrons. The molecule has 0 unspecified atom stereocenters. The summed E-state index contributed by atoms with van der Waals surface area (Å²) in [5.74, 6) is -1.71. The van der Waals surface area contributed by atoms with Gasteiger partial charge in [0.2, 0.25) is 0 Å². The van der Waals surface area contributed by atoms with Crippen molar-refractivity contribution >= 4 is 51.8 Å². The van der Waals surface area contributed by atoms with Crippen molar-refractivity contribution in [3.05, 3.63) is 101 Å². The lowest BCUT2D eigenvalue weighted by Crippen LogP contribution is -2.35. The number of rotatable bonds is 4. The maximum atomic E-state index is 13.8. The van der Waals surface area contributed by atoms with Crippen molar-refractivity contribution in [1.29, 1.82) is 0 Å². The number of hydrogen-bond acceptors (Lipinski definition) is 3. The Hall–Kier alpha value is -3.35. The van der Waals surface area contributed by atoms with Crippen molar-refractivity contribution in [2.45, 2.75) is 9.79 Å². The molecule has 0 saturated carbocycles. The maximum Gasteiger partial charge on any atom is 0.326 e. The Morgan fingerprint density at radius 2 is 1.55 bits per heavy atom. The molecule has 0 bridgehead atoms. The van der Waals surface area contributed by atoms with Gasteiger partial charge in [0, 0.05) is 15.5 Å². The first-order valence-corrected chi connectivity index (χ1v) is 10.5. The molecule has 2 N–H and O–H groups in total. The van der Waals surface area contributed by atoms with Gasteiger partial charge < -0.3 is 5.32 Å². The molecule has 0 aliphatic rings. The van der Waals surface area contributed by atoms with E-state index in [0.717, 1.165) is 15.9 Å². The van der Waals surface area contributed by atoms with Crippen LogP contribution in [0.1, 0.15) is 10.4 Å². The largest absolute Gasteiger partial charge is 0.326 e. The third-order valence-corrected chi connectivity index (χ3v) is 5.91. The molecule has 0 heterocycles. The molecule has 0 atom stereocenters. The molecule has 31 heavy (non-hydrogen) atoms. The molecule has 4 aromatic carbocycles. The zero-order valence-electron chi connectivity index (χ0n) is 16.1. The van der Waals surface area contributed by atoms with Gasteiger partial charge in [-0.1, -0.05) is 65.8 Å². The summed E-state index contributed by atoms with van der Waals surface area (Å²) in [6.45, 7) is 0. The third kappa shape index (κ3) is 4.87. The van der Waals surface area contributed by atoms with Gasteiger partial charge in [-0.2, -0.15) is 0 Å². The molecular formula is C24H16ClFN2O2S. The number of halogens is 2. The summed E-state index contributed by atoms with van der Waals surface area (Å²) in [4.78, 5) is 26.4. The molecule has 4 nitrogen and oxygen atoms in total. The highest BCUT2D eigenvalue weighted by molar-refractivity contribution is 7.99. The van der Waals surface area contributed by atoms with Gasteiger partial charge in [-0.3, -0.25) is 10.1 Å². The Kier molecular flexibility index (Phi) is 6.21. The molecule has 0 aromatic heterocycles. The zero-order valence-corrected chi connectivity index (χ0v) is 17.6. The summed E-state index contributed by atoms with van der Waals surface area (Å²) in [7, 11) is 0. The third-order valence-electron chi connectivity index (χ3n) is 4.51. The molecule has 4 rings (SSSR count). The van der Waals surface area contributed by atoms with Gasteiger partial charge in [-0.15, -0.1) is 0 Å². The molecule has 0 spiro atoms. The minimum absolute atomic E-state index is 0.0693. The SMILES string of the molecule is O=C(NC(=O)c1c(F)cccc1Cl)Nc1ccc(Sc2cccc3ccccc23)cc1. The molecule has 3 amide bonds. The lowest BCUT2D eigenvalue weighted by molar-refractivity contribution is 0.0963. The van der Waals surface area contributed by atoms with Crippen LogP contribution in [-0.2, 0) is 0 Å². The van der Waals surface area contributed by atoms with Crippen LogP contribution in [0, 0.1) is 5.82 Å². The molecule has 0 radical (unpaired) electrons. The number of carbonyl (C=O) groups is 2. The first-order valence-electron chi connectivity index (χ1n) is 9.33. The van der Waals surface area contributed by atoms with Gasteiger partial charge in [-0.05, 0) is 53.2 Å². The van der Waals surface area contributed by atoms with E-state index in [2.05, 4.69) is 34.9 Å². The van der Waals surface area contributed by atoms with Gasteiger partial charge in [0.05, 0.1) is 10.6 Å². The van der Waals surface area contributed by atoms with E-state index in [4.69, 9.17) is 11.6 Å². The van der Waals surface area contributed by atoms with Crippen LogP contribution in [0.5, 0.6) is 0 Å². The Morgan fingerprint density at radius 1 is 0.839 bits per heavy atom. The molecule has 7 heteroatoms. The summed E-state index contributed by atoms with van der Waals surface area (Å²) in [6, 6.07) is 24.6. The number of fused-ring (bicyclic) bond motifs is 1. The number of benzene rings is 4. The zero-order chi connectivity index (χ0) is 21.8. The van der Waals surface area contributed by atoms with Gasteiger partial charge in [0.1, 0.15) is 5.82 Å². The van der Waals surface area contributed by atoms with Crippen molar-refractivity contribution in [3.8, 4) is 0 Å². The van der Waals surface area contributed by atoms with Crippen molar-refractivity contribution < 1.29 is 14.0 Å². The fourth-order valence-electron chi connectivity index (χ4n) is 3.06. The smallest absolute Gasteiger partial charge is 0.308 e. The van der Waals surface area contributed by atoms with Crippen LogP contribution in [0.3, 0.4) is 0 Å². The van der Waals surface area contributed by atoms with Crippen LogP contribution in [0.4, 0.5) is 14.9 Å². The van der Waals surface area contributed by atoms with Crippen LogP contribution in [-0.4, -0.2) is 11.9 Å². The highest BCUT2D eigenvalue weighted by atomic mass is 35.5. The normalized spacial score (nSPS) is 10.6. The van der Waals surface area contributed by atoms with Crippen molar-refractivity contribution in [3.63, 3.8) is 0 Å². The first kappa shape index (κ1) is 20.9. The topological polar surface area (TPSA) is 58.2 Å². The lowest BCUT2D eigenvalue weighted by Gasteiger charge is -2.10. The van der Waals surface area contributed by atoms with E-state index < -0.39 is 17.8 Å². The number of amides is 3. The average molecular weight is 451 g/mol. The second-order valence-electron chi connectivity index (χ2n) is 6.61. The second kappa shape index (κ2) is 9.20. The fourth-order valence-corrected chi connectivity index (χ4v) is 4.28. The summed E-state index contributed by atoms with van der Waals surface area (Å²) in [5, 5.41) is 6.91. The molecule has 4 aromatic rings. The van der Waals surface area contributed by atoms with Crippen molar-refractivity contribution in [2.75, 3.05) is 5.32 Å². The number of urea groups is 1. The predicted octanol–water partition coefficient (Wildman–Crippen LogP) is 6.75. The minimum Gasteiger partial charge on any atom is -0.308 e. The van der Waals surface area contributed by atoms with E-state index in [9.17, 15) is 14.0 Å². The minimum atomic E-state index is -0.913. The lowest BCUT2D eigenvalue weighted by atomic mass is 10.1. The molecule has 0 saturated heterocycles. The highest BCUT2D eigenvalue weighted by Crippen LogP contribution is 2.33. The van der Waals surface area contributed by atoms with E-state index in [1.807, 2.05) is 30.3 Å². The van der Waals surface area contributed by atoms with Crippen LogP contribution >= 0.6 is 23.4 Å². The number of anilines is 1. The van der Waals surface area contributed by atoms with Crippen molar-refractivity contribution in [1.82, 2.24) is 5.32 Å². The summed E-state index contributed by atoms with van der Waals surface area (Å²) in [5.41, 5.74) is 0.119. The quantitative estimate of drug-likeness (QED) is 0.361. The highest BCUT2D eigenvalue weighted by Gasteiger charge is 2.18. The molecule has 0 aliphatic heterocycles. The monoisotopic (exact) mass is 450 g/mol. The van der Waals surface area contributed by atoms with E-state index >= 15 is 0 Å². The Morgan fingerprint density at radius 3 is 2.32 bits per heavy atom. The number of hydrogen-bond donors (Lipinski definition) is 2. The Bertz CT molecular complexity index is 1250. The average Bonchev–Trinajstić information content (AvgIpc) is 2.75. The maximum absolute atomic E-state index is 13.8. The van der Waals surface area contributed by atoms with Crippen LogP contribution in [0.2, 0.25) is 5.02 Å². The number of imide groups is 1. The summed E-state index contributed by atoms with van der Waals surface area (Å²) in [6.07, 6.45) is 0. The van der Waals surface area contributed by atoms with Crippen molar-refractivity contribution in [2.24, 2.45) is 0 Å². The summed E-state index contributed by atoms with van der Waals surface area (Å²) >= 11 is 7.47. The van der Waals surface area contributed by atoms with Gasteiger partial charge in [0.15, 0.2) is 0 Å². The standard InChI is InChI=1S/C24H16ClFN2O2S/c25-19-8-4-9-20(26)22(19)23(29)28-24(30)27-16-11-13-17(14-12-16)31-21-10-3-6-15-5-1-2-7-18(15)21/h1-14H,(H2,27,28,29,30). The molecule has 0 fully saturated rings. The van der Waals surface area contributed by atoms with Gasteiger partial charge >= 0.3 is 6.03 Å².